The predicted octanol–water partition coefficient (Wildman–Crippen LogP) is 4.98. The number of rotatable bonds is 3. The predicted molar refractivity (Wildman–Crippen MR) is 88.1 cm³/mol. The van der Waals surface area contributed by atoms with Gasteiger partial charge in [0, 0.05) is 16.1 Å². The minimum Gasteiger partial charge on any atom is -0.496 e. The highest BCUT2D eigenvalue weighted by Gasteiger charge is 2.37. The van der Waals surface area contributed by atoms with Gasteiger partial charge in [-0.15, -0.1) is 0 Å². The molecule has 0 saturated heterocycles. The maximum absolute atomic E-state index is 6.64. The first-order valence-electron chi connectivity index (χ1n) is 7.46. The van der Waals surface area contributed by atoms with Gasteiger partial charge in [0.15, 0.2) is 0 Å². The molecule has 2 unspecified atom stereocenters. The summed E-state index contributed by atoms with van der Waals surface area (Å²) in [4.78, 5) is 0. The quantitative estimate of drug-likeness (QED) is 0.842. The van der Waals surface area contributed by atoms with Gasteiger partial charge in [0.2, 0.25) is 0 Å². The first-order valence-corrected chi connectivity index (χ1v) is 8.25. The van der Waals surface area contributed by atoms with Crippen molar-refractivity contribution in [3.63, 3.8) is 0 Å². The van der Waals surface area contributed by atoms with Crippen molar-refractivity contribution >= 4 is 15.9 Å². The third kappa shape index (κ3) is 3.04. The topological polar surface area (TPSA) is 35.2 Å². The van der Waals surface area contributed by atoms with Crippen molar-refractivity contribution in [2.24, 2.45) is 17.1 Å². The van der Waals surface area contributed by atoms with Crippen LogP contribution in [0.2, 0.25) is 0 Å². The Labute approximate surface area is 131 Å². The van der Waals surface area contributed by atoms with E-state index < -0.39 is 0 Å². The Hall–Kier alpha value is -0.540. The maximum Gasteiger partial charge on any atom is 0.123 e. The average Bonchev–Trinajstić information content (AvgIpc) is 2.40. The van der Waals surface area contributed by atoms with Crippen molar-refractivity contribution < 1.29 is 4.74 Å². The van der Waals surface area contributed by atoms with Crippen LogP contribution in [-0.4, -0.2) is 7.11 Å². The molecule has 1 aromatic carbocycles. The number of ether oxygens (including phenoxy) is 1. The van der Waals surface area contributed by atoms with Gasteiger partial charge in [-0.2, -0.15) is 0 Å². The van der Waals surface area contributed by atoms with Gasteiger partial charge in [0.05, 0.1) is 7.11 Å². The van der Waals surface area contributed by atoms with Crippen molar-refractivity contribution in [2.45, 2.75) is 52.5 Å². The second-order valence-corrected chi connectivity index (χ2v) is 7.56. The molecule has 20 heavy (non-hydrogen) atoms. The van der Waals surface area contributed by atoms with Gasteiger partial charge in [-0.25, -0.2) is 0 Å². The monoisotopic (exact) mass is 339 g/mol. The normalized spacial score (nSPS) is 23.4. The van der Waals surface area contributed by atoms with Crippen molar-refractivity contribution in [2.75, 3.05) is 7.11 Å². The molecule has 0 radical (unpaired) electrons. The molecule has 0 amide bonds. The van der Waals surface area contributed by atoms with Crippen LogP contribution >= 0.6 is 15.9 Å². The minimum atomic E-state index is 0.0390. The van der Waals surface area contributed by atoms with Crippen LogP contribution < -0.4 is 10.5 Å². The molecule has 0 bridgehead atoms. The second kappa shape index (κ2) is 6.07. The zero-order chi connectivity index (χ0) is 14.9. The molecule has 0 spiro atoms. The Balaban J connectivity index is 2.37. The molecule has 2 rings (SSSR count). The lowest BCUT2D eigenvalue weighted by Gasteiger charge is -2.42. The SMILES string of the molecule is COc1cc(C)c(Br)cc1C(N)C1CCCCC1(C)C. The van der Waals surface area contributed by atoms with E-state index >= 15 is 0 Å². The molecule has 1 aromatic rings. The average molecular weight is 340 g/mol. The number of aryl methyl sites for hydroxylation is 1. The molecule has 112 valence electrons. The zero-order valence-electron chi connectivity index (χ0n) is 13.0. The van der Waals surface area contributed by atoms with E-state index in [0.717, 1.165) is 15.8 Å². The first-order chi connectivity index (χ1) is 9.36. The second-order valence-electron chi connectivity index (χ2n) is 6.71. The van der Waals surface area contributed by atoms with Gasteiger partial charge in [-0.1, -0.05) is 42.6 Å². The summed E-state index contributed by atoms with van der Waals surface area (Å²) in [5.41, 5.74) is 9.26. The largest absolute Gasteiger partial charge is 0.496 e. The van der Waals surface area contributed by atoms with Crippen molar-refractivity contribution in [3.05, 3.63) is 27.7 Å². The molecule has 0 aromatic heterocycles. The van der Waals surface area contributed by atoms with E-state index in [-0.39, 0.29) is 6.04 Å². The molecule has 0 heterocycles. The van der Waals surface area contributed by atoms with E-state index in [2.05, 4.69) is 48.8 Å². The Morgan fingerprint density at radius 3 is 2.65 bits per heavy atom. The van der Waals surface area contributed by atoms with Gasteiger partial charge in [0.25, 0.3) is 0 Å². The third-order valence-corrected chi connectivity index (χ3v) is 5.75. The smallest absolute Gasteiger partial charge is 0.123 e. The van der Waals surface area contributed by atoms with Gasteiger partial charge in [0.1, 0.15) is 5.75 Å². The van der Waals surface area contributed by atoms with E-state index in [4.69, 9.17) is 10.5 Å². The fraction of sp³-hybridized carbons (Fsp3) is 0.647. The minimum absolute atomic E-state index is 0.0390. The molecule has 1 fully saturated rings. The van der Waals surface area contributed by atoms with Crippen molar-refractivity contribution in [3.8, 4) is 5.75 Å². The number of hydrogen-bond acceptors (Lipinski definition) is 2. The standard InChI is InChI=1S/C17H26BrNO/c1-11-9-15(20-4)12(10-14(11)18)16(19)13-7-5-6-8-17(13,2)3/h9-10,13,16H,5-8,19H2,1-4H3. The first kappa shape index (κ1) is 15.8. The summed E-state index contributed by atoms with van der Waals surface area (Å²) in [6, 6.07) is 4.26. The lowest BCUT2D eigenvalue weighted by Crippen LogP contribution is -2.36. The molecular formula is C17H26BrNO. The molecule has 3 heteroatoms. The Morgan fingerprint density at radius 2 is 2.05 bits per heavy atom. The van der Waals surface area contributed by atoms with E-state index in [1.54, 1.807) is 7.11 Å². The van der Waals surface area contributed by atoms with Crippen molar-refractivity contribution in [1.29, 1.82) is 0 Å². The number of halogens is 1. The molecule has 0 aliphatic heterocycles. The Bertz CT molecular complexity index is 484. The fourth-order valence-corrected chi connectivity index (χ4v) is 3.87. The summed E-state index contributed by atoms with van der Waals surface area (Å²) in [6.45, 7) is 6.78. The molecular weight excluding hydrogens is 314 g/mol. The lowest BCUT2D eigenvalue weighted by atomic mass is 9.65. The fourth-order valence-electron chi connectivity index (χ4n) is 3.51. The summed E-state index contributed by atoms with van der Waals surface area (Å²) in [5.74, 6) is 1.43. The van der Waals surface area contributed by atoms with Gasteiger partial charge in [-0.05, 0) is 48.8 Å². The van der Waals surface area contributed by atoms with Gasteiger partial charge < -0.3 is 10.5 Å². The van der Waals surface area contributed by atoms with Gasteiger partial charge >= 0.3 is 0 Å². The van der Waals surface area contributed by atoms with Crippen LogP contribution in [0.1, 0.15) is 56.7 Å². The number of nitrogens with two attached hydrogens (primary N) is 1. The van der Waals surface area contributed by atoms with Crippen LogP contribution in [0.5, 0.6) is 5.75 Å². The summed E-state index contributed by atoms with van der Waals surface area (Å²) in [7, 11) is 1.73. The van der Waals surface area contributed by atoms with Crippen LogP contribution in [0, 0.1) is 18.3 Å². The number of hydrogen-bond donors (Lipinski definition) is 1. The summed E-state index contributed by atoms with van der Waals surface area (Å²) >= 11 is 3.62. The van der Waals surface area contributed by atoms with Crippen molar-refractivity contribution in [1.82, 2.24) is 0 Å². The molecule has 2 atom stereocenters. The highest BCUT2D eigenvalue weighted by molar-refractivity contribution is 9.10. The highest BCUT2D eigenvalue weighted by Crippen LogP contribution is 2.47. The molecule has 1 saturated carbocycles. The molecule has 2 nitrogen and oxygen atoms in total. The van der Waals surface area contributed by atoms with Crippen LogP contribution in [0.4, 0.5) is 0 Å². The van der Waals surface area contributed by atoms with E-state index in [1.165, 1.54) is 31.2 Å². The maximum atomic E-state index is 6.64. The molecule has 1 aliphatic rings. The summed E-state index contributed by atoms with van der Waals surface area (Å²) in [5, 5.41) is 0. The summed E-state index contributed by atoms with van der Waals surface area (Å²) < 4.78 is 6.67. The van der Waals surface area contributed by atoms with Crippen LogP contribution in [0.15, 0.2) is 16.6 Å². The highest BCUT2D eigenvalue weighted by atomic mass is 79.9. The zero-order valence-corrected chi connectivity index (χ0v) is 14.6. The number of methoxy groups -OCH3 is 1. The third-order valence-electron chi connectivity index (χ3n) is 4.89. The van der Waals surface area contributed by atoms with E-state index in [9.17, 15) is 0 Å². The van der Waals surface area contributed by atoms with E-state index in [0.29, 0.717) is 11.3 Å². The lowest BCUT2D eigenvalue weighted by molar-refractivity contribution is 0.111. The molecule has 1 aliphatic carbocycles. The van der Waals surface area contributed by atoms with Crippen LogP contribution in [-0.2, 0) is 0 Å². The van der Waals surface area contributed by atoms with Gasteiger partial charge in [-0.3, -0.25) is 0 Å². The summed E-state index contributed by atoms with van der Waals surface area (Å²) in [6.07, 6.45) is 5.09. The molecule has 2 N–H and O–H groups in total. The Kier molecular flexibility index (Phi) is 4.80. The van der Waals surface area contributed by atoms with E-state index in [1.807, 2.05) is 0 Å². The van der Waals surface area contributed by atoms with Crippen LogP contribution in [0.3, 0.4) is 0 Å². The Morgan fingerprint density at radius 1 is 1.35 bits per heavy atom. The van der Waals surface area contributed by atoms with Crippen LogP contribution in [0.25, 0.3) is 0 Å². The number of benzene rings is 1.